The highest BCUT2D eigenvalue weighted by Gasteiger charge is 2.07. The van der Waals surface area contributed by atoms with Crippen LogP contribution in [0.25, 0.3) is 0 Å². The van der Waals surface area contributed by atoms with E-state index in [9.17, 15) is 4.79 Å². The summed E-state index contributed by atoms with van der Waals surface area (Å²) in [5, 5.41) is 0.815. The van der Waals surface area contributed by atoms with Gasteiger partial charge in [0.1, 0.15) is 0 Å². The summed E-state index contributed by atoms with van der Waals surface area (Å²) in [4.78, 5) is 13.2. The molecular weight excluding hydrogens is 232 g/mol. The number of halogens is 3. The van der Waals surface area contributed by atoms with Crippen LogP contribution in [0.1, 0.15) is 11.1 Å². The van der Waals surface area contributed by atoms with Crippen LogP contribution in [0.3, 0.4) is 0 Å². The topological polar surface area (TPSA) is 29.4 Å². The Morgan fingerprint density at radius 3 is 2.54 bits per heavy atom. The molecule has 1 aromatic carbocycles. The van der Waals surface area contributed by atoms with Crippen LogP contribution in [0, 0.1) is 0 Å². The van der Waals surface area contributed by atoms with Crippen LogP contribution >= 0.6 is 34.8 Å². The van der Waals surface area contributed by atoms with Gasteiger partial charge in [-0.05, 0) is 17.7 Å². The second-order valence-electron chi connectivity index (χ2n) is 2.23. The number of carbonyl (C=O) groups excluding carboxylic acids is 1. The Balaban J connectivity index is 3.03. The van der Waals surface area contributed by atoms with Crippen molar-refractivity contribution in [2.45, 2.75) is 5.50 Å². The number of nitrogens with zero attached hydrogens (tertiary/aromatic N) is 1. The smallest absolute Gasteiger partial charge is 0.211 e. The Bertz CT molecular complexity index is 360. The SMILES string of the molecule is O=C=NC(Cl)c1ccc(Cl)c(Cl)c1. The average molecular weight is 236 g/mol. The molecule has 0 fully saturated rings. The molecule has 0 amide bonds. The Hall–Kier alpha value is -0.530. The standard InChI is InChI=1S/C8H4Cl3NO/c9-6-2-1-5(3-7(6)10)8(11)12-4-13/h1-3,8H. The van der Waals surface area contributed by atoms with Crippen molar-refractivity contribution in [3.63, 3.8) is 0 Å². The first-order chi connectivity index (χ1) is 6.15. The Morgan fingerprint density at radius 1 is 1.31 bits per heavy atom. The number of isocyanates is 1. The molecule has 2 nitrogen and oxygen atoms in total. The van der Waals surface area contributed by atoms with Crippen molar-refractivity contribution < 1.29 is 4.79 Å². The number of benzene rings is 1. The molecule has 68 valence electrons. The zero-order chi connectivity index (χ0) is 9.84. The molecule has 0 aromatic heterocycles. The van der Waals surface area contributed by atoms with E-state index < -0.39 is 5.50 Å². The van der Waals surface area contributed by atoms with Crippen LogP contribution in [0.4, 0.5) is 0 Å². The van der Waals surface area contributed by atoms with Crippen molar-refractivity contribution in [1.82, 2.24) is 0 Å². The van der Waals surface area contributed by atoms with Gasteiger partial charge in [0.15, 0.2) is 5.50 Å². The second kappa shape index (κ2) is 4.64. The van der Waals surface area contributed by atoms with Gasteiger partial charge < -0.3 is 0 Å². The van der Waals surface area contributed by atoms with Gasteiger partial charge in [0, 0.05) is 0 Å². The molecule has 0 saturated carbocycles. The fraction of sp³-hybridized carbons (Fsp3) is 0.125. The second-order valence-corrected chi connectivity index (χ2v) is 3.46. The summed E-state index contributed by atoms with van der Waals surface area (Å²) in [6.45, 7) is 0. The van der Waals surface area contributed by atoms with E-state index in [-0.39, 0.29) is 0 Å². The third-order valence-electron chi connectivity index (χ3n) is 1.38. The predicted molar refractivity (Wildman–Crippen MR) is 53.2 cm³/mol. The quantitative estimate of drug-likeness (QED) is 0.334. The van der Waals surface area contributed by atoms with E-state index in [0.717, 1.165) is 0 Å². The van der Waals surface area contributed by atoms with Crippen molar-refractivity contribution >= 4 is 40.9 Å². The highest BCUT2D eigenvalue weighted by molar-refractivity contribution is 6.42. The monoisotopic (exact) mass is 235 g/mol. The molecule has 0 saturated heterocycles. The van der Waals surface area contributed by atoms with E-state index in [0.29, 0.717) is 15.6 Å². The fourth-order valence-corrected chi connectivity index (χ4v) is 1.26. The zero-order valence-electron chi connectivity index (χ0n) is 6.30. The van der Waals surface area contributed by atoms with Gasteiger partial charge in [0.2, 0.25) is 6.08 Å². The largest absolute Gasteiger partial charge is 0.236 e. The van der Waals surface area contributed by atoms with Gasteiger partial charge in [0.05, 0.1) is 10.0 Å². The lowest BCUT2D eigenvalue weighted by Crippen LogP contribution is -1.85. The lowest BCUT2D eigenvalue weighted by molar-refractivity contribution is 0.562. The molecule has 13 heavy (non-hydrogen) atoms. The first-order valence-electron chi connectivity index (χ1n) is 3.31. The molecule has 0 radical (unpaired) electrons. The van der Waals surface area contributed by atoms with Crippen molar-refractivity contribution in [3.05, 3.63) is 33.8 Å². The summed E-state index contributed by atoms with van der Waals surface area (Å²) in [7, 11) is 0. The minimum absolute atomic E-state index is 0.380. The molecule has 0 bridgehead atoms. The van der Waals surface area contributed by atoms with Gasteiger partial charge >= 0.3 is 0 Å². The van der Waals surface area contributed by atoms with Crippen molar-refractivity contribution in [2.24, 2.45) is 4.99 Å². The van der Waals surface area contributed by atoms with Crippen molar-refractivity contribution in [1.29, 1.82) is 0 Å². The highest BCUT2D eigenvalue weighted by Crippen LogP contribution is 2.28. The molecule has 0 aliphatic rings. The van der Waals surface area contributed by atoms with Crippen LogP contribution in [-0.2, 0) is 4.79 Å². The molecule has 0 N–H and O–H groups in total. The van der Waals surface area contributed by atoms with E-state index in [1.165, 1.54) is 6.08 Å². The summed E-state index contributed by atoms with van der Waals surface area (Å²) in [5.41, 5.74) is -0.147. The van der Waals surface area contributed by atoms with E-state index in [1.54, 1.807) is 18.2 Å². The van der Waals surface area contributed by atoms with Crippen molar-refractivity contribution in [3.8, 4) is 0 Å². The molecule has 1 aromatic rings. The number of alkyl halides is 1. The van der Waals surface area contributed by atoms with Gasteiger partial charge in [-0.1, -0.05) is 40.9 Å². The predicted octanol–water partition coefficient (Wildman–Crippen LogP) is 3.57. The maximum absolute atomic E-state index is 9.91. The van der Waals surface area contributed by atoms with Crippen LogP contribution in [-0.4, -0.2) is 6.08 Å². The Morgan fingerprint density at radius 2 is 2.00 bits per heavy atom. The maximum atomic E-state index is 9.91. The molecule has 5 heteroatoms. The van der Waals surface area contributed by atoms with Gasteiger partial charge in [-0.2, -0.15) is 4.99 Å². The lowest BCUT2D eigenvalue weighted by Gasteiger charge is -2.03. The summed E-state index contributed by atoms with van der Waals surface area (Å²) in [5.74, 6) is 0. The molecule has 1 unspecified atom stereocenters. The van der Waals surface area contributed by atoms with Crippen LogP contribution < -0.4 is 0 Å². The van der Waals surface area contributed by atoms with Crippen LogP contribution in [0.5, 0.6) is 0 Å². The fourth-order valence-electron chi connectivity index (χ4n) is 0.781. The number of aliphatic imine (C=N–C) groups is 1. The average Bonchev–Trinajstić information content (AvgIpc) is 2.10. The molecule has 0 spiro atoms. The van der Waals surface area contributed by atoms with Crippen molar-refractivity contribution in [2.75, 3.05) is 0 Å². The normalized spacial score (nSPS) is 11.9. The Kier molecular flexibility index (Phi) is 3.76. The number of hydrogen-bond acceptors (Lipinski definition) is 2. The van der Waals surface area contributed by atoms with Gasteiger partial charge in [-0.25, -0.2) is 4.79 Å². The zero-order valence-corrected chi connectivity index (χ0v) is 8.57. The summed E-state index contributed by atoms with van der Waals surface area (Å²) < 4.78 is 0. The molecule has 0 aliphatic heterocycles. The van der Waals surface area contributed by atoms with E-state index in [1.807, 2.05) is 0 Å². The van der Waals surface area contributed by atoms with E-state index >= 15 is 0 Å². The number of rotatable bonds is 2. The number of hydrogen-bond donors (Lipinski definition) is 0. The van der Waals surface area contributed by atoms with E-state index in [2.05, 4.69) is 4.99 Å². The molecule has 0 heterocycles. The van der Waals surface area contributed by atoms with Gasteiger partial charge in [-0.15, -0.1) is 0 Å². The minimum Gasteiger partial charge on any atom is -0.211 e. The maximum Gasteiger partial charge on any atom is 0.236 e. The summed E-state index contributed by atoms with van der Waals surface area (Å²) >= 11 is 17.1. The summed E-state index contributed by atoms with van der Waals surface area (Å²) in [6.07, 6.45) is 1.37. The Labute approximate surface area is 90.1 Å². The first kappa shape index (κ1) is 10.6. The molecule has 0 aliphatic carbocycles. The van der Waals surface area contributed by atoms with E-state index in [4.69, 9.17) is 34.8 Å². The lowest BCUT2D eigenvalue weighted by atomic mass is 10.2. The van der Waals surface area contributed by atoms with Crippen LogP contribution in [0.15, 0.2) is 23.2 Å². The molecular formula is C8H4Cl3NO. The third-order valence-corrected chi connectivity index (χ3v) is 2.47. The minimum atomic E-state index is -0.757. The highest BCUT2D eigenvalue weighted by atomic mass is 35.5. The molecule has 1 rings (SSSR count). The third kappa shape index (κ3) is 2.71. The summed E-state index contributed by atoms with van der Waals surface area (Å²) in [6, 6.07) is 4.80. The van der Waals surface area contributed by atoms with Crippen LogP contribution in [0.2, 0.25) is 10.0 Å². The van der Waals surface area contributed by atoms with Gasteiger partial charge in [0.25, 0.3) is 0 Å². The first-order valence-corrected chi connectivity index (χ1v) is 4.50. The molecule has 1 atom stereocenters. The van der Waals surface area contributed by atoms with Gasteiger partial charge in [-0.3, -0.25) is 0 Å².